The van der Waals surface area contributed by atoms with Gasteiger partial charge in [-0.25, -0.2) is 0 Å². The van der Waals surface area contributed by atoms with Crippen LogP contribution in [0.4, 0.5) is 0 Å². The van der Waals surface area contributed by atoms with Gasteiger partial charge in [0.05, 0.1) is 26.4 Å². The van der Waals surface area contributed by atoms with Crippen molar-refractivity contribution in [3.8, 4) is 11.5 Å². The van der Waals surface area contributed by atoms with E-state index in [4.69, 9.17) is 28.4 Å². The largest absolute Gasteiger partial charge is 0.488 e. The lowest BCUT2D eigenvalue weighted by molar-refractivity contribution is -0.152. The van der Waals surface area contributed by atoms with Gasteiger partial charge >= 0.3 is 11.9 Å². The third-order valence-electron chi connectivity index (χ3n) is 5.68. The van der Waals surface area contributed by atoms with Crippen molar-refractivity contribution in [2.24, 2.45) is 0 Å². The minimum Gasteiger partial charge on any atom is -0.488 e. The highest BCUT2D eigenvalue weighted by atomic mass is 79.9. The highest BCUT2D eigenvalue weighted by Crippen LogP contribution is 2.43. The number of fused-ring (bicyclic) bond motifs is 2. The second kappa shape index (κ2) is 15.6. The molecular formula is C32H37BrO8. The predicted molar refractivity (Wildman–Crippen MR) is 163 cm³/mol. The van der Waals surface area contributed by atoms with E-state index in [1.807, 2.05) is 56.3 Å². The zero-order valence-corrected chi connectivity index (χ0v) is 25.6. The molecule has 220 valence electrons. The van der Waals surface area contributed by atoms with Crippen LogP contribution in [0.3, 0.4) is 0 Å². The highest BCUT2D eigenvalue weighted by Gasteiger charge is 2.21. The van der Waals surface area contributed by atoms with Gasteiger partial charge in [-0.2, -0.15) is 0 Å². The fourth-order valence-corrected chi connectivity index (χ4v) is 4.53. The van der Waals surface area contributed by atoms with Gasteiger partial charge in [0.1, 0.15) is 24.7 Å². The molecule has 41 heavy (non-hydrogen) atoms. The average molecular weight is 630 g/mol. The predicted octanol–water partition coefficient (Wildman–Crippen LogP) is 6.56. The summed E-state index contributed by atoms with van der Waals surface area (Å²) in [5, 5.41) is 3.21. The maximum Gasteiger partial charge on any atom is 0.303 e. The van der Waals surface area contributed by atoms with Crippen LogP contribution in [0.2, 0.25) is 0 Å². The molecule has 0 aliphatic carbocycles. The van der Waals surface area contributed by atoms with Crippen molar-refractivity contribution < 1.29 is 38.0 Å². The molecule has 0 bridgehead atoms. The molecule has 3 rings (SSSR count). The molecule has 0 saturated carbocycles. The molecule has 0 aliphatic heterocycles. The Morgan fingerprint density at radius 3 is 1.56 bits per heavy atom. The van der Waals surface area contributed by atoms with Gasteiger partial charge in [0.15, 0.2) is 12.2 Å². The van der Waals surface area contributed by atoms with Crippen LogP contribution in [0.25, 0.3) is 21.5 Å². The van der Waals surface area contributed by atoms with E-state index < -0.39 is 24.1 Å². The van der Waals surface area contributed by atoms with Crippen LogP contribution in [-0.4, -0.2) is 63.8 Å². The highest BCUT2D eigenvalue weighted by molar-refractivity contribution is 9.10. The number of ether oxygens (including phenoxy) is 6. The number of esters is 2. The van der Waals surface area contributed by atoms with Crippen LogP contribution < -0.4 is 9.47 Å². The van der Waals surface area contributed by atoms with Gasteiger partial charge in [-0.3, -0.25) is 9.59 Å². The van der Waals surface area contributed by atoms with Crippen LogP contribution >= 0.6 is 15.9 Å². The van der Waals surface area contributed by atoms with Gasteiger partial charge in [0.25, 0.3) is 0 Å². The first-order valence-electron chi connectivity index (χ1n) is 13.2. The monoisotopic (exact) mass is 628 g/mol. The van der Waals surface area contributed by atoms with E-state index in [-0.39, 0.29) is 26.4 Å². The number of hydrogen-bond donors (Lipinski definition) is 0. The minimum absolute atomic E-state index is 0.0795. The third kappa shape index (κ3) is 9.88. The quantitative estimate of drug-likeness (QED) is 0.100. The number of rotatable bonds is 16. The Morgan fingerprint density at radius 2 is 1.12 bits per heavy atom. The summed E-state index contributed by atoms with van der Waals surface area (Å²) in [5.74, 6) is 0.388. The van der Waals surface area contributed by atoms with E-state index in [9.17, 15) is 9.59 Å². The lowest BCUT2D eigenvalue weighted by atomic mass is 10.0. The van der Waals surface area contributed by atoms with E-state index >= 15 is 0 Å². The van der Waals surface area contributed by atoms with Crippen molar-refractivity contribution in [3.05, 3.63) is 71.2 Å². The Kier molecular flexibility index (Phi) is 12.2. The van der Waals surface area contributed by atoms with E-state index in [1.54, 1.807) is 0 Å². The average Bonchev–Trinajstić information content (AvgIpc) is 2.89. The second-order valence-corrected chi connectivity index (χ2v) is 10.8. The molecule has 0 aromatic heterocycles. The molecule has 0 heterocycles. The van der Waals surface area contributed by atoms with Crippen molar-refractivity contribution in [1.29, 1.82) is 0 Å². The number of carbonyl (C=O) groups is 2. The molecule has 0 amide bonds. The van der Waals surface area contributed by atoms with Gasteiger partial charge in [-0.05, 0) is 32.0 Å². The molecule has 0 radical (unpaired) electrons. The van der Waals surface area contributed by atoms with Crippen LogP contribution in [0.1, 0.15) is 27.7 Å². The molecule has 9 heteroatoms. The van der Waals surface area contributed by atoms with Crippen molar-refractivity contribution in [2.75, 3.05) is 39.6 Å². The summed E-state index contributed by atoms with van der Waals surface area (Å²) >= 11 is 3.57. The third-order valence-corrected chi connectivity index (χ3v) is 6.18. The summed E-state index contributed by atoms with van der Waals surface area (Å²) in [7, 11) is 0. The zero-order chi connectivity index (χ0) is 29.9. The smallest absolute Gasteiger partial charge is 0.303 e. The van der Waals surface area contributed by atoms with Gasteiger partial charge in [0, 0.05) is 39.9 Å². The number of carbonyl (C=O) groups excluding carboxylic acids is 2. The van der Waals surface area contributed by atoms with E-state index in [0.29, 0.717) is 24.7 Å². The molecule has 0 spiro atoms. The lowest BCUT2D eigenvalue weighted by Crippen LogP contribution is -2.29. The second-order valence-electron chi connectivity index (χ2n) is 9.92. The first kappa shape index (κ1) is 32.1. The van der Waals surface area contributed by atoms with Gasteiger partial charge in [-0.1, -0.05) is 64.5 Å². The summed E-state index contributed by atoms with van der Waals surface area (Å²) < 4.78 is 35.8. The Morgan fingerprint density at radius 1 is 0.683 bits per heavy atom. The van der Waals surface area contributed by atoms with Crippen LogP contribution in [0.15, 0.2) is 71.2 Å². The minimum atomic E-state index is -0.618. The molecule has 3 aromatic rings. The summed E-state index contributed by atoms with van der Waals surface area (Å²) in [6, 6.07) is 13.5. The molecule has 2 atom stereocenters. The molecule has 0 N–H and O–H groups in total. The Hall–Kier alpha value is -3.40. The summed E-state index contributed by atoms with van der Waals surface area (Å²) in [6.45, 7) is 15.3. The van der Waals surface area contributed by atoms with Crippen LogP contribution in [0, 0.1) is 0 Å². The van der Waals surface area contributed by atoms with Gasteiger partial charge < -0.3 is 28.4 Å². The Balaban J connectivity index is 1.96. The van der Waals surface area contributed by atoms with Crippen molar-refractivity contribution in [2.45, 2.75) is 39.9 Å². The fraction of sp³-hybridized carbons (Fsp3) is 0.375. The van der Waals surface area contributed by atoms with Crippen molar-refractivity contribution in [3.63, 3.8) is 0 Å². The van der Waals surface area contributed by atoms with Crippen LogP contribution in [-0.2, 0) is 28.5 Å². The Labute approximate surface area is 249 Å². The zero-order valence-electron chi connectivity index (χ0n) is 24.0. The molecule has 2 unspecified atom stereocenters. The summed E-state index contributed by atoms with van der Waals surface area (Å²) in [4.78, 5) is 23.5. The summed E-state index contributed by atoms with van der Waals surface area (Å²) in [5.41, 5.74) is 1.73. The maximum absolute atomic E-state index is 11.8. The molecule has 0 saturated heterocycles. The van der Waals surface area contributed by atoms with Gasteiger partial charge in [-0.15, -0.1) is 0 Å². The standard InChI is InChI=1S/C32H37BrO8/c1-20(2)14-36-16-25(40-22(5)34)18-38-31-27-9-7-8-10-28(27)32(30-13-24(33)11-12-29(30)31)39-19-26(41-23(6)35)17-37-15-21(3)4/h7-13,25-26H,1,3,14-19H2,2,4-6H3. The maximum atomic E-state index is 11.8. The number of benzene rings is 3. The summed E-state index contributed by atoms with van der Waals surface area (Å²) in [6.07, 6.45) is -1.23. The van der Waals surface area contributed by atoms with Crippen LogP contribution in [0.5, 0.6) is 11.5 Å². The molecular weight excluding hydrogens is 592 g/mol. The van der Waals surface area contributed by atoms with Crippen molar-refractivity contribution in [1.82, 2.24) is 0 Å². The molecule has 0 aliphatic rings. The normalized spacial score (nSPS) is 12.5. The van der Waals surface area contributed by atoms with Crippen molar-refractivity contribution >= 4 is 49.4 Å². The van der Waals surface area contributed by atoms with E-state index in [2.05, 4.69) is 29.1 Å². The van der Waals surface area contributed by atoms with E-state index in [0.717, 1.165) is 37.2 Å². The topological polar surface area (TPSA) is 89.5 Å². The number of hydrogen-bond acceptors (Lipinski definition) is 8. The van der Waals surface area contributed by atoms with Gasteiger partial charge in [0.2, 0.25) is 0 Å². The first-order valence-corrected chi connectivity index (χ1v) is 14.0. The molecule has 3 aromatic carbocycles. The lowest BCUT2D eigenvalue weighted by Gasteiger charge is -2.22. The number of halogens is 1. The Bertz CT molecular complexity index is 1400. The van der Waals surface area contributed by atoms with E-state index in [1.165, 1.54) is 13.8 Å². The molecule has 0 fully saturated rings. The first-order chi connectivity index (χ1) is 19.5. The SMILES string of the molecule is C=C(C)COCC(COc1c2ccccc2c(OCC(COCC(=C)C)OC(C)=O)c2cc(Br)ccc12)OC(C)=O. The molecule has 8 nitrogen and oxygen atoms in total. The fourth-order valence-electron chi connectivity index (χ4n) is 4.17.